The summed E-state index contributed by atoms with van der Waals surface area (Å²) in [7, 11) is 0. The van der Waals surface area contributed by atoms with Crippen LogP contribution >= 0.6 is 11.6 Å². The molecule has 1 aromatic carbocycles. The summed E-state index contributed by atoms with van der Waals surface area (Å²) >= 11 is 6.12. The van der Waals surface area contributed by atoms with Crippen molar-refractivity contribution in [2.75, 3.05) is 6.54 Å². The second kappa shape index (κ2) is 11.4. The van der Waals surface area contributed by atoms with Crippen molar-refractivity contribution in [1.29, 1.82) is 0 Å². The Morgan fingerprint density at radius 2 is 1.97 bits per heavy atom. The van der Waals surface area contributed by atoms with E-state index in [-0.39, 0.29) is 0 Å². The standard InChI is InChI=1S/C29H34ClNO/c1-4-24-17-18-26(30)21-28(24)31-19-9-13-23-11-7-10-22(20-23)12-8-15-25-14-5-6-16-27(25)29(2,3)32/h4-7,9-10,13-14,16-18,20-21,23,32H,8,11-12,15,19H2,1-3H3/b13-9+,24-4-,31-28?. The molecule has 0 saturated carbocycles. The van der Waals surface area contributed by atoms with Gasteiger partial charge in [0.2, 0.25) is 0 Å². The van der Waals surface area contributed by atoms with E-state index in [9.17, 15) is 5.11 Å². The zero-order valence-corrected chi connectivity index (χ0v) is 20.1. The molecule has 0 spiro atoms. The summed E-state index contributed by atoms with van der Waals surface area (Å²) < 4.78 is 0. The predicted octanol–water partition coefficient (Wildman–Crippen LogP) is 7.38. The van der Waals surface area contributed by atoms with Gasteiger partial charge in [-0.2, -0.15) is 0 Å². The maximum Gasteiger partial charge on any atom is 0.0843 e. The van der Waals surface area contributed by atoms with E-state index in [1.165, 1.54) is 11.1 Å². The van der Waals surface area contributed by atoms with E-state index in [4.69, 9.17) is 16.6 Å². The molecule has 0 amide bonds. The van der Waals surface area contributed by atoms with Gasteiger partial charge in [-0.1, -0.05) is 84.0 Å². The van der Waals surface area contributed by atoms with Gasteiger partial charge in [0.15, 0.2) is 0 Å². The van der Waals surface area contributed by atoms with Crippen molar-refractivity contribution < 1.29 is 5.11 Å². The Hall–Kier alpha value is -2.42. The van der Waals surface area contributed by atoms with Gasteiger partial charge in [-0.25, -0.2) is 0 Å². The van der Waals surface area contributed by atoms with E-state index in [2.05, 4.69) is 48.6 Å². The molecule has 1 N–H and O–H groups in total. The Bertz CT molecular complexity index is 1010. The van der Waals surface area contributed by atoms with Crippen LogP contribution in [0.25, 0.3) is 0 Å². The largest absolute Gasteiger partial charge is 0.386 e. The van der Waals surface area contributed by atoms with Gasteiger partial charge in [-0.3, -0.25) is 4.99 Å². The first kappa shape index (κ1) is 24.2. The first-order valence-corrected chi connectivity index (χ1v) is 11.9. The van der Waals surface area contributed by atoms with Crippen LogP contribution in [0.5, 0.6) is 0 Å². The van der Waals surface area contributed by atoms with Crippen molar-refractivity contribution in [3.63, 3.8) is 0 Å². The molecule has 0 aliphatic heterocycles. The summed E-state index contributed by atoms with van der Waals surface area (Å²) in [5, 5.41) is 11.1. The van der Waals surface area contributed by atoms with Gasteiger partial charge in [-0.05, 0) is 81.2 Å². The summed E-state index contributed by atoms with van der Waals surface area (Å²) in [5.74, 6) is 0.422. The van der Waals surface area contributed by atoms with E-state index >= 15 is 0 Å². The van der Waals surface area contributed by atoms with E-state index in [1.807, 2.05) is 51.1 Å². The Morgan fingerprint density at radius 3 is 2.75 bits per heavy atom. The third-order valence-corrected chi connectivity index (χ3v) is 6.05. The van der Waals surface area contributed by atoms with Gasteiger partial charge in [-0.15, -0.1) is 0 Å². The number of benzene rings is 1. The molecule has 0 bridgehead atoms. The van der Waals surface area contributed by atoms with E-state index in [1.54, 1.807) is 0 Å². The number of rotatable bonds is 8. The van der Waals surface area contributed by atoms with Crippen LogP contribution in [-0.4, -0.2) is 17.4 Å². The Labute approximate surface area is 198 Å². The quantitative estimate of drug-likeness (QED) is 0.414. The van der Waals surface area contributed by atoms with Gasteiger partial charge in [0.25, 0.3) is 0 Å². The minimum Gasteiger partial charge on any atom is -0.386 e. The van der Waals surface area contributed by atoms with Crippen LogP contribution in [0.3, 0.4) is 0 Å². The van der Waals surface area contributed by atoms with Crippen molar-refractivity contribution in [1.82, 2.24) is 0 Å². The number of aliphatic hydroxyl groups is 1. The van der Waals surface area contributed by atoms with Gasteiger partial charge in [0, 0.05) is 5.03 Å². The molecule has 1 unspecified atom stereocenters. The minimum absolute atomic E-state index is 0.422. The SMILES string of the molecule is C/C=C1/C=CC(Cl)=CC1=NC/C=C/C1C=C(CCCc2ccccc2C(C)(C)O)C=CC1. The molecular weight excluding hydrogens is 414 g/mol. The average Bonchev–Trinajstić information content (AvgIpc) is 2.77. The first-order chi connectivity index (χ1) is 15.4. The normalized spacial score (nSPS) is 21.5. The summed E-state index contributed by atoms with van der Waals surface area (Å²) in [6.07, 6.45) is 23.3. The lowest BCUT2D eigenvalue weighted by atomic mass is 9.89. The molecule has 2 nitrogen and oxygen atoms in total. The number of aryl methyl sites for hydroxylation is 1. The van der Waals surface area contributed by atoms with Crippen LogP contribution in [0.15, 0.2) is 100 Å². The topological polar surface area (TPSA) is 32.6 Å². The molecule has 1 atom stereocenters. The second-order valence-electron chi connectivity index (χ2n) is 8.87. The Balaban J connectivity index is 1.53. The van der Waals surface area contributed by atoms with Gasteiger partial charge < -0.3 is 5.11 Å². The van der Waals surface area contributed by atoms with Crippen molar-refractivity contribution in [2.24, 2.45) is 10.9 Å². The molecule has 1 aromatic rings. The Kier molecular flexibility index (Phi) is 8.67. The molecule has 0 fully saturated rings. The molecule has 0 radical (unpaired) electrons. The molecule has 0 heterocycles. The maximum atomic E-state index is 10.4. The highest BCUT2D eigenvalue weighted by Crippen LogP contribution is 2.26. The summed E-state index contributed by atoms with van der Waals surface area (Å²) in [6, 6.07) is 8.22. The third-order valence-electron chi connectivity index (χ3n) is 5.81. The number of nitrogens with zero attached hydrogens (tertiary/aromatic N) is 1. The smallest absolute Gasteiger partial charge is 0.0843 e. The lowest BCUT2D eigenvalue weighted by Gasteiger charge is -2.22. The summed E-state index contributed by atoms with van der Waals surface area (Å²) in [6.45, 7) is 6.38. The zero-order valence-electron chi connectivity index (χ0n) is 19.4. The number of aliphatic imine (C=N–C) groups is 1. The van der Waals surface area contributed by atoms with Gasteiger partial charge in [0.05, 0.1) is 17.9 Å². The average molecular weight is 448 g/mol. The molecule has 0 aromatic heterocycles. The van der Waals surface area contributed by atoms with Gasteiger partial charge >= 0.3 is 0 Å². The highest BCUT2D eigenvalue weighted by atomic mass is 35.5. The van der Waals surface area contributed by atoms with E-state index < -0.39 is 5.60 Å². The fourth-order valence-corrected chi connectivity index (χ4v) is 4.34. The molecule has 3 heteroatoms. The fourth-order valence-electron chi connectivity index (χ4n) is 4.18. The van der Waals surface area contributed by atoms with Crippen molar-refractivity contribution in [3.05, 3.63) is 106 Å². The monoisotopic (exact) mass is 447 g/mol. The number of allylic oxidation sites excluding steroid dienone is 11. The van der Waals surface area contributed by atoms with Crippen molar-refractivity contribution >= 4 is 17.3 Å². The molecule has 0 saturated heterocycles. The number of hydrogen-bond donors (Lipinski definition) is 1. The van der Waals surface area contributed by atoms with E-state index in [0.29, 0.717) is 17.5 Å². The van der Waals surface area contributed by atoms with Crippen LogP contribution in [0, 0.1) is 5.92 Å². The molecule has 3 rings (SSSR count). The van der Waals surface area contributed by atoms with Crippen molar-refractivity contribution in [2.45, 2.75) is 52.1 Å². The van der Waals surface area contributed by atoms with Crippen molar-refractivity contribution in [3.8, 4) is 0 Å². The van der Waals surface area contributed by atoms with Gasteiger partial charge in [0.1, 0.15) is 0 Å². The molecule has 32 heavy (non-hydrogen) atoms. The zero-order chi connectivity index (χ0) is 23.0. The van der Waals surface area contributed by atoms with Crippen LogP contribution < -0.4 is 0 Å². The fraction of sp³-hybridized carbons (Fsp3) is 0.345. The highest BCUT2D eigenvalue weighted by Gasteiger charge is 2.19. The number of hydrogen-bond acceptors (Lipinski definition) is 2. The predicted molar refractivity (Wildman–Crippen MR) is 138 cm³/mol. The minimum atomic E-state index is -0.803. The van der Waals surface area contributed by atoms with Crippen LogP contribution in [0.2, 0.25) is 0 Å². The Morgan fingerprint density at radius 1 is 1.16 bits per heavy atom. The number of halogens is 1. The summed E-state index contributed by atoms with van der Waals surface area (Å²) in [4.78, 5) is 4.69. The van der Waals surface area contributed by atoms with Crippen LogP contribution in [0.1, 0.15) is 51.2 Å². The first-order valence-electron chi connectivity index (χ1n) is 11.5. The lowest BCUT2D eigenvalue weighted by molar-refractivity contribution is 0.0776. The summed E-state index contributed by atoms with van der Waals surface area (Å²) in [5.41, 5.74) is 4.90. The molecule has 168 valence electrons. The second-order valence-corrected chi connectivity index (χ2v) is 9.31. The molecule has 2 aliphatic carbocycles. The highest BCUT2D eigenvalue weighted by molar-refractivity contribution is 6.34. The molecular formula is C29H34ClNO. The van der Waals surface area contributed by atoms with Crippen LogP contribution in [-0.2, 0) is 12.0 Å². The maximum absolute atomic E-state index is 10.4. The molecule has 2 aliphatic rings. The lowest BCUT2D eigenvalue weighted by Crippen LogP contribution is -2.17. The third kappa shape index (κ3) is 7.05. The van der Waals surface area contributed by atoms with E-state index in [0.717, 1.165) is 42.5 Å². The van der Waals surface area contributed by atoms with Crippen LogP contribution in [0.4, 0.5) is 0 Å².